The third kappa shape index (κ3) is 4.37. The van der Waals surface area contributed by atoms with Gasteiger partial charge in [-0.05, 0) is 72.9 Å². The monoisotopic (exact) mass is 354 g/mol. The lowest BCUT2D eigenvalue weighted by Crippen LogP contribution is -2.23. The minimum Gasteiger partial charge on any atom is -0.508 e. The molecule has 3 rings (SSSR count). The van der Waals surface area contributed by atoms with E-state index in [1.54, 1.807) is 24.3 Å². The topological polar surface area (TPSA) is 66.8 Å². The van der Waals surface area contributed by atoms with Crippen LogP contribution in [-0.2, 0) is 9.53 Å². The molecule has 0 unspecified atom stereocenters. The lowest BCUT2D eigenvalue weighted by Gasteiger charge is -2.34. The molecule has 138 valence electrons. The number of phenolic OH excluding ortho intramolecular Hbond substituents is 2. The van der Waals surface area contributed by atoms with Crippen LogP contribution in [-0.4, -0.2) is 23.3 Å². The number of ether oxygens (including phenoxy) is 1. The van der Waals surface area contributed by atoms with Gasteiger partial charge in [0.2, 0.25) is 0 Å². The van der Waals surface area contributed by atoms with Gasteiger partial charge in [-0.15, -0.1) is 0 Å². The lowest BCUT2D eigenvalue weighted by atomic mass is 9.70. The molecule has 0 amide bonds. The second-order valence-corrected chi connectivity index (χ2v) is 7.22. The van der Waals surface area contributed by atoms with Crippen LogP contribution in [0.2, 0.25) is 0 Å². The van der Waals surface area contributed by atoms with Crippen LogP contribution in [0.1, 0.15) is 49.1 Å². The Balaban J connectivity index is 1.79. The Hall–Kier alpha value is -2.49. The first kappa shape index (κ1) is 18.3. The van der Waals surface area contributed by atoms with Gasteiger partial charge in [0.05, 0.1) is 7.11 Å². The summed E-state index contributed by atoms with van der Waals surface area (Å²) < 4.78 is 4.80. The van der Waals surface area contributed by atoms with Crippen LogP contribution in [0.3, 0.4) is 0 Å². The minimum absolute atomic E-state index is 0.123. The maximum absolute atomic E-state index is 11.5. The number of methoxy groups -OCH3 is 1. The van der Waals surface area contributed by atoms with Gasteiger partial charge in [-0.3, -0.25) is 4.79 Å². The zero-order chi connectivity index (χ0) is 18.5. The van der Waals surface area contributed by atoms with Crippen molar-refractivity contribution in [3.05, 3.63) is 59.7 Å². The standard InChI is InChI=1S/C22H26O4/c1-26-21(25)14-15-2-4-16(5-3-15)22(17-6-10-19(23)11-7-17)18-8-12-20(24)13-9-18/h6-13,15-16,22-24H,2-5,14H2,1H3. The molecule has 0 atom stereocenters. The highest BCUT2D eigenvalue weighted by Crippen LogP contribution is 2.43. The van der Waals surface area contributed by atoms with Gasteiger partial charge in [0, 0.05) is 12.3 Å². The second kappa shape index (κ2) is 8.26. The molecule has 1 fully saturated rings. The number of hydrogen-bond acceptors (Lipinski definition) is 4. The summed E-state index contributed by atoms with van der Waals surface area (Å²) in [4.78, 5) is 11.5. The number of carbonyl (C=O) groups is 1. The summed E-state index contributed by atoms with van der Waals surface area (Å²) in [6, 6.07) is 14.8. The summed E-state index contributed by atoms with van der Waals surface area (Å²) in [6.45, 7) is 0. The molecular weight excluding hydrogens is 328 g/mol. The molecule has 0 aliphatic heterocycles. The van der Waals surface area contributed by atoms with Crippen molar-refractivity contribution in [2.24, 2.45) is 11.8 Å². The predicted molar refractivity (Wildman–Crippen MR) is 100 cm³/mol. The van der Waals surface area contributed by atoms with Gasteiger partial charge in [-0.25, -0.2) is 0 Å². The molecule has 0 saturated heterocycles. The number of phenols is 2. The van der Waals surface area contributed by atoms with E-state index < -0.39 is 0 Å². The molecule has 0 spiro atoms. The molecule has 1 aliphatic carbocycles. The first-order valence-corrected chi connectivity index (χ1v) is 9.21. The minimum atomic E-state index is -0.123. The Kier molecular flexibility index (Phi) is 5.82. The molecule has 0 aromatic heterocycles. The number of rotatable bonds is 5. The van der Waals surface area contributed by atoms with Crippen molar-refractivity contribution in [1.29, 1.82) is 0 Å². The van der Waals surface area contributed by atoms with E-state index >= 15 is 0 Å². The van der Waals surface area contributed by atoms with Gasteiger partial charge in [0.15, 0.2) is 0 Å². The molecule has 4 heteroatoms. The Morgan fingerprint density at radius 2 is 1.38 bits per heavy atom. The summed E-state index contributed by atoms with van der Waals surface area (Å²) in [5.74, 6) is 1.49. The maximum atomic E-state index is 11.5. The molecule has 1 saturated carbocycles. The average Bonchev–Trinajstić information content (AvgIpc) is 2.66. The Labute approximate surface area is 154 Å². The van der Waals surface area contributed by atoms with E-state index in [0.717, 1.165) is 25.7 Å². The zero-order valence-corrected chi connectivity index (χ0v) is 15.1. The molecule has 2 aromatic rings. The normalized spacial score (nSPS) is 20.1. The molecule has 0 bridgehead atoms. The van der Waals surface area contributed by atoms with Gasteiger partial charge in [0.1, 0.15) is 11.5 Å². The molecule has 0 heterocycles. The van der Waals surface area contributed by atoms with Gasteiger partial charge in [-0.1, -0.05) is 24.3 Å². The molecule has 2 N–H and O–H groups in total. The number of benzene rings is 2. The van der Waals surface area contributed by atoms with E-state index in [9.17, 15) is 15.0 Å². The number of carbonyl (C=O) groups excluding carboxylic acids is 1. The fraction of sp³-hybridized carbons (Fsp3) is 0.409. The highest BCUT2D eigenvalue weighted by Gasteiger charge is 2.30. The number of aromatic hydroxyl groups is 2. The summed E-state index contributed by atoms with van der Waals surface area (Å²) in [5, 5.41) is 19.2. The van der Waals surface area contributed by atoms with Crippen molar-refractivity contribution in [3.8, 4) is 11.5 Å². The van der Waals surface area contributed by atoms with E-state index in [4.69, 9.17) is 4.74 Å². The van der Waals surface area contributed by atoms with Crippen LogP contribution < -0.4 is 0 Å². The molecular formula is C22H26O4. The van der Waals surface area contributed by atoms with E-state index in [1.165, 1.54) is 18.2 Å². The zero-order valence-electron chi connectivity index (χ0n) is 15.1. The van der Waals surface area contributed by atoms with Crippen LogP contribution >= 0.6 is 0 Å². The van der Waals surface area contributed by atoms with Crippen LogP contribution in [0, 0.1) is 11.8 Å². The van der Waals surface area contributed by atoms with Crippen molar-refractivity contribution in [2.45, 2.75) is 38.0 Å². The first-order valence-electron chi connectivity index (χ1n) is 9.21. The molecule has 1 aliphatic rings. The van der Waals surface area contributed by atoms with Gasteiger partial charge >= 0.3 is 5.97 Å². The summed E-state index contributed by atoms with van der Waals surface area (Å²) in [5.41, 5.74) is 2.34. The van der Waals surface area contributed by atoms with E-state index in [1.807, 2.05) is 24.3 Å². The van der Waals surface area contributed by atoms with Crippen molar-refractivity contribution < 1.29 is 19.7 Å². The highest BCUT2D eigenvalue weighted by atomic mass is 16.5. The van der Waals surface area contributed by atoms with Crippen LogP contribution in [0.5, 0.6) is 11.5 Å². The predicted octanol–water partition coefficient (Wildman–Crippen LogP) is 4.60. The summed E-state index contributed by atoms with van der Waals surface area (Å²) >= 11 is 0. The largest absolute Gasteiger partial charge is 0.508 e. The van der Waals surface area contributed by atoms with Gasteiger partial charge in [0.25, 0.3) is 0 Å². The fourth-order valence-electron chi connectivity index (χ4n) is 4.14. The molecule has 4 nitrogen and oxygen atoms in total. The smallest absolute Gasteiger partial charge is 0.305 e. The quantitative estimate of drug-likeness (QED) is 0.770. The van der Waals surface area contributed by atoms with Crippen molar-refractivity contribution in [3.63, 3.8) is 0 Å². The lowest BCUT2D eigenvalue weighted by molar-refractivity contribution is -0.142. The Morgan fingerprint density at radius 3 is 1.81 bits per heavy atom. The van der Waals surface area contributed by atoms with E-state index in [2.05, 4.69) is 0 Å². The van der Waals surface area contributed by atoms with Gasteiger partial charge in [-0.2, -0.15) is 0 Å². The maximum Gasteiger partial charge on any atom is 0.305 e. The third-order valence-electron chi connectivity index (χ3n) is 5.55. The fourth-order valence-corrected chi connectivity index (χ4v) is 4.14. The van der Waals surface area contributed by atoms with Crippen LogP contribution in [0.4, 0.5) is 0 Å². The number of hydrogen-bond donors (Lipinski definition) is 2. The number of esters is 1. The van der Waals surface area contributed by atoms with Crippen LogP contribution in [0.15, 0.2) is 48.5 Å². The Bertz CT molecular complexity index is 667. The van der Waals surface area contributed by atoms with Crippen LogP contribution in [0.25, 0.3) is 0 Å². The summed E-state index contributed by atoms with van der Waals surface area (Å²) in [6.07, 6.45) is 4.65. The van der Waals surface area contributed by atoms with Crippen molar-refractivity contribution in [2.75, 3.05) is 7.11 Å². The molecule has 2 aromatic carbocycles. The van der Waals surface area contributed by atoms with Crippen molar-refractivity contribution in [1.82, 2.24) is 0 Å². The van der Waals surface area contributed by atoms with Crippen molar-refractivity contribution >= 4 is 5.97 Å². The third-order valence-corrected chi connectivity index (χ3v) is 5.55. The average molecular weight is 354 g/mol. The van der Waals surface area contributed by atoms with E-state index in [0.29, 0.717) is 18.3 Å². The SMILES string of the molecule is COC(=O)CC1CCC(C(c2ccc(O)cc2)c2ccc(O)cc2)CC1. The summed E-state index contributed by atoms with van der Waals surface area (Å²) in [7, 11) is 1.44. The van der Waals surface area contributed by atoms with Gasteiger partial charge < -0.3 is 14.9 Å². The second-order valence-electron chi connectivity index (χ2n) is 7.22. The first-order chi connectivity index (χ1) is 12.6. The molecule has 0 radical (unpaired) electrons. The highest BCUT2D eigenvalue weighted by molar-refractivity contribution is 5.69. The van der Waals surface area contributed by atoms with E-state index in [-0.39, 0.29) is 23.4 Å². The Morgan fingerprint density at radius 1 is 0.923 bits per heavy atom. The molecule has 26 heavy (non-hydrogen) atoms.